The fourth-order valence-electron chi connectivity index (χ4n) is 1.48. The van der Waals surface area contributed by atoms with Crippen molar-refractivity contribution in [1.29, 1.82) is 0 Å². The second-order valence-corrected chi connectivity index (χ2v) is 3.99. The molecule has 1 saturated heterocycles. The molecular weight excluding hydrogens is 250 g/mol. The van der Waals surface area contributed by atoms with Gasteiger partial charge in [0.2, 0.25) is 11.8 Å². The molecule has 7 nitrogen and oxygen atoms in total. The van der Waals surface area contributed by atoms with Crippen LogP contribution in [0.3, 0.4) is 0 Å². The van der Waals surface area contributed by atoms with Gasteiger partial charge in [0.1, 0.15) is 5.92 Å². The molecule has 19 heavy (non-hydrogen) atoms. The number of carbonyl (C=O) groups excluding carboxylic acids is 3. The van der Waals surface area contributed by atoms with E-state index in [4.69, 9.17) is 4.84 Å². The number of benzene rings is 1. The number of hydrogen-bond acceptors (Lipinski definition) is 4. The van der Waals surface area contributed by atoms with Crippen LogP contribution in [0.1, 0.15) is 5.56 Å². The van der Waals surface area contributed by atoms with Crippen LogP contribution in [0.25, 0.3) is 0 Å². The van der Waals surface area contributed by atoms with Crippen molar-refractivity contribution in [2.24, 2.45) is 5.92 Å². The first-order chi connectivity index (χ1) is 9.16. The number of urea groups is 1. The molecule has 0 saturated carbocycles. The quantitative estimate of drug-likeness (QED) is 0.394. The number of imide groups is 1. The predicted octanol–water partition coefficient (Wildman–Crippen LogP) is -0.310. The summed E-state index contributed by atoms with van der Waals surface area (Å²) in [7, 11) is 0. The highest BCUT2D eigenvalue weighted by Gasteiger charge is 2.35. The number of hydrogen-bond donors (Lipinski definition) is 3. The van der Waals surface area contributed by atoms with Gasteiger partial charge in [0.15, 0.2) is 0 Å². The lowest BCUT2D eigenvalue weighted by Gasteiger charge is -2.24. The molecule has 0 bridgehead atoms. The first-order valence-corrected chi connectivity index (χ1v) is 5.71. The normalized spacial score (nSPS) is 17.1. The Balaban J connectivity index is 1.67. The summed E-state index contributed by atoms with van der Waals surface area (Å²) in [5, 5.41) is 4.44. The van der Waals surface area contributed by atoms with Crippen molar-refractivity contribution in [3.8, 4) is 0 Å². The first-order valence-electron chi connectivity index (χ1n) is 5.71. The summed E-state index contributed by atoms with van der Waals surface area (Å²) in [6.07, 6.45) is 0. The van der Waals surface area contributed by atoms with E-state index in [9.17, 15) is 14.4 Å². The van der Waals surface area contributed by atoms with E-state index in [2.05, 4.69) is 10.8 Å². The van der Waals surface area contributed by atoms with Gasteiger partial charge in [0.05, 0.1) is 6.61 Å². The molecule has 1 fully saturated rings. The number of amides is 4. The summed E-state index contributed by atoms with van der Waals surface area (Å²) >= 11 is 0. The zero-order chi connectivity index (χ0) is 13.7. The van der Waals surface area contributed by atoms with Crippen molar-refractivity contribution in [3.63, 3.8) is 0 Å². The van der Waals surface area contributed by atoms with Crippen molar-refractivity contribution in [2.75, 3.05) is 6.54 Å². The van der Waals surface area contributed by atoms with Crippen molar-refractivity contribution in [2.45, 2.75) is 6.61 Å². The molecule has 0 aromatic heterocycles. The van der Waals surface area contributed by atoms with E-state index in [1.807, 2.05) is 35.6 Å². The van der Waals surface area contributed by atoms with Crippen LogP contribution in [0.4, 0.5) is 4.79 Å². The molecule has 0 radical (unpaired) electrons. The van der Waals surface area contributed by atoms with Crippen LogP contribution in [0.2, 0.25) is 0 Å². The Morgan fingerprint density at radius 1 is 1.32 bits per heavy atom. The fraction of sp³-hybridized carbons (Fsp3) is 0.250. The number of carbonyl (C=O) groups is 3. The third kappa shape index (κ3) is 3.52. The molecule has 100 valence electrons. The largest absolute Gasteiger partial charge is 0.354 e. The molecule has 7 heteroatoms. The molecule has 1 aromatic rings. The van der Waals surface area contributed by atoms with E-state index in [-0.39, 0.29) is 19.1 Å². The predicted molar refractivity (Wildman–Crippen MR) is 64.4 cm³/mol. The number of hydroxylamine groups is 1. The Morgan fingerprint density at radius 2 is 2.05 bits per heavy atom. The van der Waals surface area contributed by atoms with Gasteiger partial charge in [-0.2, -0.15) is 0 Å². The van der Waals surface area contributed by atoms with Gasteiger partial charge in [-0.05, 0) is 5.56 Å². The number of nitrogens with one attached hydrogen (secondary N) is 3. The lowest BCUT2D eigenvalue weighted by Crippen LogP contribution is -2.57. The minimum Gasteiger partial charge on any atom is -0.354 e. The van der Waals surface area contributed by atoms with Crippen molar-refractivity contribution >= 4 is 17.8 Å². The third-order valence-electron chi connectivity index (χ3n) is 2.60. The Morgan fingerprint density at radius 3 is 2.63 bits per heavy atom. The van der Waals surface area contributed by atoms with Crippen LogP contribution in [-0.4, -0.2) is 24.4 Å². The molecule has 1 atom stereocenters. The van der Waals surface area contributed by atoms with Crippen LogP contribution >= 0.6 is 0 Å². The molecular formula is C12H13N3O4. The van der Waals surface area contributed by atoms with Crippen LogP contribution in [0.5, 0.6) is 0 Å². The van der Waals surface area contributed by atoms with Crippen molar-refractivity contribution in [1.82, 2.24) is 16.1 Å². The lowest BCUT2D eigenvalue weighted by atomic mass is 10.0. The highest BCUT2D eigenvalue weighted by atomic mass is 16.7. The highest BCUT2D eigenvalue weighted by molar-refractivity contribution is 6.09. The van der Waals surface area contributed by atoms with Crippen LogP contribution in [0, 0.1) is 5.92 Å². The van der Waals surface area contributed by atoms with Crippen LogP contribution in [-0.2, 0) is 21.0 Å². The molecule has 1 unspecified atom stereocenters. The van der Waals surface area contributed by atoms with E-state index < -0.39 is 17.9 Å². The number of rotatable bonds is 4. The molecule has 2 rings (SSSR count). The molecule has 0 aliphatic carbocycles. The summed E-state index contributed by atoms with van der Waals surface area (Å²) in [5.74, 6) is -1.81. The average molecular weight is 263 g/mol. The average Bonchev–Trinajstić information content (AvgIpc) is 2.38. The molecule has 4 amide bonds. The van der Waals surface area contributed by atoms with E-state index >= 15 is 0 Å². The zero-order valence-corrected chi connectivity index (χ0v) is 10.0. The van der Waals surface area contributed by atoms with Crippen LogP contribution in [0.15, 0.2) is 30.3 Å². The van der Waals surface area contributed by atoms with Gasteiger partial charge in [-0.15, -0.1) is 0 Å². The minimum absolute atomic E-state index is 0.187. The minimum atomic E-state index is -0.792. The van der Waals surface area contributed by atoms with Gasteiger partial charge in [0, 0.05) is 6.54 Å². The highest BCUT2D eigenvalue weighted by Crippen LogP contribution is 2.04. The van der Waals surface area contributed by atoms with E-state index in [1.54, 1.807) is 0 Å². The van der Waals surface area contributed by atoms with Gasteiger partial charge in [-0.1, -0.05) is 30.3 Å². The third-order valence-corrected chi connectivity index (χ3v) is 2.60. The molecule has 1 aromatic carbocycles. The smallest absolute Gasteiger partial charge is 0.345 e. The fourth-order valence-corrected chi connectivity index (χ4v) is 1.48. The standard InChI is InChI=1S/C12H13N3O4/c16-10-9(6-13-10)11(17)14-12(18)15-19-7-8-4-2-1-3-5-8/h1-5,9H,6-7H2,(H,13,16)(H2,14,15,17,18). The van der Waals surface area contributed by atoms with Crippen LogP contribution < -0.4 is 16.1 Å². The van der Waals surface area contributed by atoms with Gasteiger partial charge in [-0.25, -0.2) is 10.3 Å². The Bertz CT molecular complexity index is 489. The maximum absolute atomic E-state index is 11.4. The lowest BCUT2D eigenvalue weighted by molar-refractivity contribution is -0.140. The monoisotopic (exact) mass is 263 g/mol. The topological polar surface area (TPSA) is 96.5 Å². The van der Waals surface area contributed by atoms with Crippen molar-refractivity contribution < 1.29 is 19.2 Å². The first kappa shape index (κ1) is 13.0. The summed E-state index contributed by atoms with van der Waals surface area (Å²) in [6.45, 7) is 0.440. The zero-order valence-electron chi connectivity index (χ0n) is 10.0. The maximum Gasteiger partial charge on any atom is 0.345 e. The molecule has 0 spiro atoms. The Hall–Kier alpha value is -2.41. The molecule has 1 aliphatic rings. The van der Waals surface area contributed by atoms with Crippen molar-refractivity contribution in [3.05, 3.63) is 35.9 Å². The second-order valence-electron chi connectivity index (χ2n) is 3.99. The van der Waals surface area contributed by atoms with Gasteiger partial charge >= 0.3 is 6.03 Å². The van der Waals surface area contributed by atoms with E-state index in [1.165, 1.54) is 0 Å². The van der Waals surface area contributed by atoms with E-state index in [0.29, 0.717) is 0 Å². The summed E-state index contributed by atoms with van der Waals surface area (Å²) in [5.41, 5.74) is 2.96. The van der Waals surface area contributed by atoms with E-state index in [0.717, 1.165) is 5.56 Å². The van der Waals surface area contributed by atoms with Gasteiger partial charge in [-0.3, -0.25) is 19.7 Å². The summed E-state index contributed by atoms with van der Waals surface area (Å²) < 4.78 is 0. The van der Waals surface area contributed by atoms with Gasteiger partial charge < -0.3 is 5.32 Å². The van der Waals surface area contributed by atoms with Gasteiger partial charge in [0.25, 0.3) is 0 Å². The molecule has 3 N–H and O–H groups in total. The Labute approximate surface area is 109 Å². The Kier molecular flexibility index (Phi) is 4.09. The maximum atomic E-state index is 11.4. The SMILES string of the molecule is O=C(NOCc1ccccc1)NC(=O)C1CNC1=O. The summed E-state index contributed by atoms with van der Waals surface area (Å²) in [6, 6.07) is 8.44. The summed E-state index contributed by atoms with van der Waals surface area (Å²) in [4.78, 5) is 38.5. The molecule has 1 aliphatic heterocycles. The number of β-lactam (4-membered cyclic amide) rings is 1. The molecule has 1 heterocycles. The second kappa shape index (κ2) is 5.96.